The summed E-state index contributed by atoms with van der Waals surface area (Å²) in [6.07, 6.45) is 57.1. The van der Waals surface area contributed by atoms with Gasteiger partial charge >= 0.3 is 0 Å². The third-order valence-corrected chi connectivity index (χ3v) is 11.9. The zero-order chi connectivity index (χ0) is 45.0. The van der Waals surface area contributed by atoms with Gasteiger partial charge in [0.05, 0.1) is 39.9 Å². The van der Waals surface area contributed by atoms with Crippen molar-refractivity contribution in [3.05, 3.63) is 60.8 Å². The van der Waals surface area contributed by atoms with Gasteiger partial charge in [0.15, 0.2) is 0 Å². The lowest BCUT2D eigenvalue weighted by Gasteiger charge is -2.29. The summed E-state index contributed by atoms with van der Waals surface area (Å²) in [7, 11) is 1.22. The van der Waals surface area contributed by atoms with E-state index in [0.29, 0.717) is 17.4 Å². The largest absolute Gasteiger partial charge is 0.756 e. The molecule has 356 valence electrons. The SMILES string of the molecule is CCCCC/C=C\C=C/CCCCCCCCC(=O)NC(COP(=O)([O-])OCC[N+](C)(C)C)C(O)/C=C/CC/C=C/CC/C=C/CCCCCCCCCCCCCCCC. The van der Waals surface area contributed by atoms with Crippen LogP contribution in [-0.4, -0.2) is 68.5 Å². The van der Waals surface area contributed by atoms with Gasteiger partial charge in [-0.1, -0.05) is 197 Å². The fraction of sp³-hybridized carbons (Fsp3) is 0.788. The van der Waals surface area contributed by atoms with E-state index in [4.69, 9.17) is 9.05 Å². The van der Waals surface area contributed by atoms with Crippen molar-refractivity contribution in [1.82, 2.24) is 5.32 Å². The summed E-state index contributed by atoms with van der Waals surface area (Å²) >= 11 is 0. The van der Waals surface area contributed by atoms with Crippen molar-refractivity contribution in [3.8, 4) is 0 Å². The van der Waals surface area contributed by atoms with Crippen LogP contribution in [0.15, 0.2) is 60.8 Å². The molecule has 9 heteroatoms. The van der Waals surface area contributed by atoms with Crippen molar-refractivity contribution in [2.75, 3.05) is 40.9 Å². The number of hydrogen-bond donors (Lipinski definition) is 2. The molecule has 0 aromatic rings. The zero-order valence-corrected chi connectivity index (χ0v) is 41.2. The molecule has 0 spiro atoms. The molecule has 3 atom stereocenters. The van der Waals surface area contributed by atoms with E-state index < -0.39 is 26.6 Å². The van der Waals surface area contributed by atoms with Crippen LogP contribution in [0.25, 0.3) is 0 Å². The first-order chi connectivity index (χ1) is 29.5. The van der Waals surface area contributed by atoms with Gasteiger partial charge in [-0.3, -0.25) is 9.36 Å². The second-order valence-corrected chi connectivity index (χ2v) is 19.6. The first kappa shape index (κ1) is 59.2. The highest BCUT2D eigenvalue weighted by molar-refractivity contribution is 7.45. The number of likely N-dealkylation sites (N-methyl/N-ethyl adjacent to an activating group) is 1. The standard InChI is InChI=1S/C52H97N2O6P/c1-6-8-10-12-14-16-18-20-22-23-24-25-26-27-28-29-30-32-33-35-37-39-41-43-45-51(55)50(49-60-61(57,58)59-48-47-54(3,4)5)53-52(56)46-44-42-40-38-36-34-31-21-19-17-15-13-11-9-7-2/h15,17,19,21,29-30,35,37,43,45,50-51,55H,6-14,16,18,20,22-28,31-34,36,38-42,44,46-49H2,1-5H3,(H-,53,56,57,58)/b17-15-,21-19-,30-29+,37-35+,45-43+. The van der Waals surface area contributed by atoms with E-state index >= 15 is 0 Å². The molecule has 2 N–H and O–H groups in total. The number of nitrogens with zero attached hydrogens (tertiary/aromatic N) is 1. The van der Waals surface area contributed by atoms with Gasteiger partial charge in [-0.15, -0.1) is 0 Å². The van der Waals surface area contributed by atoms with Crippen molar-refractivity contribution in [2.24, 2.45) is 0 Å². The Morgan fingerprint density at radius 3 is 1.46 bits per heavy atom. The van der Waals surface area contributed by atoms with Gasteiger partial charge in [-0.2, -0.15) is 0 Å². The molecule has 0 saturated heterocycles. The molecule has 0 aliphatic rings. The molecule has 0 fully saturated rings. The lowest BCUT2D eigenvalue weighted by Crippen LogP contribution is -2.45. The lowest BCUT2D eigenvalue weighted by atomic mass is 10.0. The van der Waals surface area contributed by atoms with Gasteiger partial charge in [0.2, 0.25) is 5.91 Å². The Bertz CT molecular complexity index is 1180. The second kappa shape index (κ2) is 43.5. The van der Waals surface area contributed by atoms with Crippen molar-refractivity contribution in [1.29, 1.82) is 0 Å². The Morgan fingerprint density at radius 1 is 0.574 bits per heavy atom. The summed E-state index contributed by atoms with van der Waals surface area (Å²) in [5.74, 6) is -0.225. The maximum Gasteiger partial charge on any atom is 0.268 e. The molecule has 0 aromatic carbocycles. The number of aliphatic hydroxyl groups is 1. The van der Waals surface area contributed by atoms with E-state index in [0.717, 1.165) is 64.2 Å². The molecule has 0 radical (unpaired) electrons. The molecule has 0 bridgehead atoms. The van der Waals surface area contributed by atoms with E-state index in [2.05, 4.69) is 67.8 Å². The van der Waals surface area contributed by atoms with Crippen LogP contribution in [0, 0.1) is 0 Å². The third kappa shape index (κ3) is 46.0. The van der Waals surface area contributed by atoms with Gasteiger partial charge in [0.1, 0.15) is 13.2 Å². The molecule has 0 aliphatic carbocycles. The van der Waals surface area contributed by atoms with Gasteiger partial charge in [0.25, 0.3) is 7.82 Å². The fourth-order valence-corrected chi connectivity index (χ4v) is 7.66. The number of nitrogens with one attached hydrogen (secondary N) is 1. The summed E-state index contributed by atoms with van der Waals surface area (Å²) in [6, 6.07) is -0.917. The lowest BCUT2D eigenvalue weighted by molar-refractivity contribution is -0.870. The molecule has 0 heterocycles. The highest BCUT2D eigenvalue weighted by atomic mass is 31.2. The van der Waals surface area contributed by atoms with Gasteiger partial charge < -0.3 is 28.8 Å². The number of rotatable bonds is 45. The molecular weight excluding hydrogens is 780 g/mol. The van der Waals surface area contributed by atoms with Crippen LogP contribution in [0.5, 0.6) is 0 Å². The molecule has 0 aliphatic heterocycles. The number of quaternary nitrogens is 1. The quantitative estimate of drug-likeness (QED) is 0.0207. The molecule has 1 amide bonds. The minimum Gasteiger partial charge on any atom is -0.756 e. The predicted molar refractivity (Wildman–Crippen MR) is 261 cm³/mol. The van der Waals surface area contributed by atoms with Crippen LogP contribution >= 0.6 is 7.82 Å². The smallest absolute Gasteiger partial charge is 0.268 e. The van der Waals surface area contributed by atoms with Crippen LogP contribution in [0.4, 0.5) is 0 Å². The molecule has 61 heavy (non-hydrogen) atoms. The first-order valence-electron chi connectivity index (χ1n) is 25.2. The average molecular weight is 877 g/mol. The highest BCUT2D eigenvalue weighted by Crippen LogP contribution is 2.38. The highest BCUT2D eigenvalue weighted by Gasteiger charge is 2.23. The predicted octanol–water partition coefficient (Wildman–Crippen LogP) is 14.0. The van der Waals surface area contributed by atoms with Crippen LogP contribution in [-0.2, 0) is 18.4 Å². The number of phosphoric ester groups is 1. The minimum atomic E-state index is -4.61. The second-order valence-electron chi connectivity index (χ2n) is 18.2. The Kier molecular flexibility index (Phi) is 42.2. The van der Waals surface area contributed by atoms with Crippen molar-refractivity contribution in [2.45, 2.75) is 225 Å². The number of phosphoric acid groups is 1. The molecule has 0 aromatic heterocycles. The van der Waals surface area contributed by atoms with E-state index in [1.54, 1.807) is 6.08 Å². The Balaban J connectivity index is 4.40. The van der Waals surface area contributed by atoms with Gasteiger partial charge in [-0.25, -0.2) is 0 Å². The number of carbonyl (C=O) groups is 1. The van der Waals surface area contributed by atoms with Gasteiger partial charge in [0, 0.05) is 6.42 Å². The van der Waals surface area contributed by atoms with E-state index in [1.165, 1.54) is 128 Å². The number of carbonyl (C=O) groups excluding carboxylic acids is 1. The van der Waals surface area contributed by atoms with E-state index in [9.17, 15) is 19.4 Å². The normalized spacial score (nSPS) is 14.7. The van der Waals surface area contributed by atoms with Crippen molar-refractivity contribution >= 4 is 13.7 Å². The Hall–Kier alpha value is -1.80. The van der Waals surface area contributed by atoms with E-state index in [-0.39, 0.29) is 12.5 Å². The monoisotopic (exact) mass is 877 g/mol. The first-order valence-corrected chi connectivity index (χ1v) is 26.6. The number of hydrogen-bond acceptors (Lipinski definition) is 6. The zero-order valence-electron chi connectivity index (χ0n) is 40.4. The van der Waals surface area contributed by atoms with Crippen molar-refractivity contribution < 1.29 is 32.9 Å². The maximum atomic E-state index is 12.9. The number of unbranched alkanes of at least 4 members (excludes halogenated alkanes) is 25. The van der Waals surface area contributed by atoms with Crippen LogP contribution in [0.2, 0.25) is 0 Å². The summed E-state index contributed by atoms with van der Waals surface area (Å²) in [5.41, 5.74) is 0. The minimum absolute atomic E-state index is 0.0136. The molecule has 8 nitrogen and oxygen atoms in total. The number of allylic oxidation sites excluding steroid dienone is 9. The van der Waals surface area contributed by atoms with Crippen LogP contribution in [0.3, 0.4) is 0 Å². The fourth-order valence-electron chi connectivity index (χ4n) is 6.94. The van der Waals surface area contributed by atoms with E-state index in [1.807, 2.05) is 27.2 Å². The number of aliphatic hydroxyl groups excluding tert-OH is 1. The Labute approximate surface area is 377 Å². The van der Waals surface area contributed by atoms with Crippen molar-refractivity contribution in [3.63, 3.8) is 0 Å². The molecule has 3 unspecified atom stereocenters. The summed E-state index contributed by atoms with van der Waals surface area (Å²) in [5, 5.41) is 13.8. The summed E-state index contributed by atoms with van der Waals surface area (Å²) < 4.78 is 23.2. The molecule has 0 saturated carbocycles. The molecular formula is C52H97N2O6P. The maximum absolute atomic E-state index is 12.9. The molecule has 0 rings (SSSR count). The number of amides is 1. The van der Waals surface area contributed by atoms with Crippen LogP contribution < -0.4 is 10.2 Å². The van der Waals surface area contributed by atoms with Gasteiger partial charge in [-0.05, 0) is 70.6 Å². The summed E-state index contributed by atoms with van der Waals surface area (Å²) in [6.45, 7) is 4.58. The van der Waals surface area contributed by atoms with Crippen LogP contribution in [0.1, 0.15) is 213 Å². The third-order valence-electron chi connectivity index (χ3n) is 11.0. The summed E-state index contributed by atoms with van der Waals surface area (Å²) in [4.78, 5) is 25.3. The Morgan fingerprint density at radius 2 is 0.967 bits per heavy atom. The average Bonchev–Trinajstić information content (AvgIpc) is 3.21. The topological polar surface area (TPSA) is 108 Å².